The number of nitrogen functional groups attached to an aromatic ring is 1. The summed E-state index contributed by atoms with van der Waals surface area (Å²) in [5.41, 5.74) is 9.92. The zero-order chi connectivity index (χ0) is 21.0. The number of halogens is 1. The van der Waals surface area contributed by atoms with Crippen molar-refractivity contribution in [2.45, 2.75) is 58.2 Å². The number of aromatic amines is 1. The molecule has 30 heavy (non-hydrogen) atoms. The van der Waals surface area contributed by atoms with Crippen LogP contribution in [0.1, 0.15) is 59.6 Å². The fourth-order valence-corrected chi connectivity index (χ4v) is 3.95. The molecule has 0 unspecified atom stereocenters. The first-order chi connectivity index (χ1) is 14.4. The van der Waals surface area contributed by atoms with Crippen LogP contribution in [0, 0.1) is 0 Å². The number of nitrogens with one attached hydrogen (secondary N) is 1. The van der Waals surface area contributed by atoms with E-state index in [9.17, 15) is 9.18 Å². The van der Waals surface area contributed by atoms with Crippen molar-refractivity contribution in [1.29, 1.82) is 0 Å². The van der Waals surface area contributed by atoms with Gasteiger partial charge in [-0.05, 0) is 38.8 Å². The Bertz CT molecular complexity index is 1130. The van der Waals surface area contributed by atoms with Gasteiger partial charge in [0, 0.05) is 28.9 Å². The third-order valence-corrected chi connectivity index (χ3v) is 5.98. The molecular formula is C22H24FN5O2. The topological polar surface area (TPSA) is 97.1 Å². The third-order valence-electron chi connectivity index (χ3n) is 5.98. The fourth-order valence-electron chi connectivity index (χ4n) is 3.95. The normalized spacial score (nSPS) is 16.8. The monoisotopic (exact) mass is 409 g/mol. The average Bonchev–Trinajstić information content (AvgIpc) is 3.13. The van der Waals surface area contributed by atoms with Gasteiger partial charge in [0.2, 0.25) is 0 Å². The van der Waals surface area contributed by atoms with Crippen LogP contribution in [0.4, 0.5) is 10.2 Å². The maximum Gasteiger partial charge on any atom is 0.270 e. The molecule has 3 N–H and O–H groups in total. The van der Waals surface area contributed by atoms with Crippen molar-refractivity contribution in [2.24, 2.45) is 0 Å². The molecule has 156 valence electrons. The Morgan fingerprint density at radius 3 is 2.77 bits per heavy atom. The summed E-state index contributed by atoms with van der Waals surface area (Å²) >= 11 is 0. The van der Waals surface area contributed by atoms with Crippen molar-refractivity contribution < 1.29 is 13.9 Å². The van der Waals surface area contributed by atoms with Gasteiger partial charge in [0.15, 0.2) is 0 Å². The van der Waals surface area contributed by atoms with Gasteiger partial charge in [0.1, 0.15) is 17.2 Å². The SMILES string of the molecule is CC(C)N(Cc1ccc(C2(F)CC2)cn1)C(=O)c1cc2nc(N)c3c(c2[nH]1)COC3. The molecule has 8 heteroatoms. The number of hydrogen-bond acceptors (Lipinski definition) is 5. The van der Waals surface area contributed by atoms with Crippen molar-refractivity contribution in [1.82, 2.24) is 19.9 Å². The Kier molecular flexibility index (Phi) is 4.28. The molecule has 0 saturated heterocycles. The summed E-state index contributed by atoms with van der Waals surface area (Å²) in [7, 11) is 0. The number of fused-ring (bicyclic) bond motifs is 3. The lowest BCUT2D eigenvalue weighted by atomic mass is 10.1. The quantitative estimate of drug-likeness (QED) is 0.671. The summed E-state index contributed by atoms with van der Waals surface area (Å²) in [5, 5.41) is 0. The Morgan fingerprint density at radius 1 is 1.33 bits per heavy atom. The minimum atomic E-state index is -1.21. The number of ether oxygens (including phenoxy) is 1. The number of carbonyl (C=O) groups excluding carboxylic acids is 1. The molecule has 1 amide bonds. The van der Waals surface area contributed by atoms with Crippen LogP contribution in [-0.4, -0.2) is 31.8 Å². The average molecular weight is 409 g/mol. The van der Waals surface area contributed by atoms with E-state index in [4.69, 9.17) is 10.5 Å². The van der Waals surface area contributed by atoms with E-state index in [1.54, 1.807) is 29.3 Å². The van der Waals surface area contributed by atoms with E-state index >= 15 is 0 Å². The summed E-state index contributed by atoms with van der Waals surface area (Å²) in [6, 6.07) is 5.26. The minimum Gasteiger partial charge on any atom is -0.383 e. The van der Waals surface area contributed by atoms with E-state index in [1.807, 2.05) is 13.8 Å². The van der Waals surface area contributed by atoms with E-state index in [-0.39, 0.29) is 11.9 Å². The van der Waals surface area contributed by atoms with Gasteiger partial charge in [-0.25, -0.2) is 9.37 Å². The lowest BCUT2D eigenvalue weighted by molar-refractivity contribution is 0.0682. The number of H-pyrrole nitrogens is 1. The summed E-state index contributed by atoms with van der Waals surface area (Å²) in [4.78, 5) is 27.1. The van der Waals surface area contributed by atoms with Crippen molar-refractivity contribution in [3.05, 3.63) is 52.5 Å². The molecule has 1 aliphatic carbocycles. The predicted octanol–water partition coefficient (Wildman–Crippen LogP) is 3.58. The molecule has 4 heterocycles. The number of amides is 1. The molecule has 0 radical (unpaired) electrons. The Morgan fingerprint density at radius 2 is 2.10 bits per heavy atom. The lowest BCUT2D eigenvalue weighted by Crippen LogP contribution is -2.36. The highest BCUT2D eigenvalue weighted by atomic mass is 19.1. The van der Waals surface area contributed by atoms with Crippen LogP contribution >= 0.6 is 0 Å². The summed E-state index contributed by atoms with van der Waals surface area (Å²) in [6.07, 6.45) is 2.70. The number of carbonyl (C=O) groups is 1. The Balaban J connectivity index is 1.42. The third kappa shape index (κ3) is 3.11. The van der Waals surface area contributed by atoms with Crippen LogP contribution in [-0.2, 0) is 30.2 Å². The van der Waals surface area contributed by atoms with Crippen molar-refractivity contribution in [3.63, 3.8) is 0 Å². The molecule has 3 aromatic heterocycles. The number of alkyl halides is 1. The lowest BCUT2D eigenvalue weighted by Gasteiger charge is -2.26. The van der Waals surface area contributed by atoms with Crippen LogP contribution < -0.4 is 5.73 Å². The van der Waals surface area contributed by atoms with Gasteiger partial charge in [0.25, 0.3) is 5.91 Å². The van der Waals surface area contributed by atoms with E-state index in [1.165, 1.54) is 0 Å². The van der Waals surface area contributed by atoms with Gasteiger partial charge in [0.05, 0.1) is 36.5 Å². The highest BCUT2D eigenvalue weighted by molar-refractivity contribution is 5.98. The van der Waals surface area contributed by atoms with Crippen molar-refractivity contribution in [2.75, 3.05) is 5.73 Å². The molecule has 0 bridgehead atoms. The van der Waals surface area contributed by atoms with Crippen LogP contribution in [0.3, 0.4) is 0 Å². The Labute approximate surface area is 173 Å². The highest BCUT2D eigenvalue weighted by Crippen LogP contribution is 2.49. The molecule has 2 aliphatic rings. The number of nitrogens with zero attached hydrogens (tertiary/aromatic N) is 3. The van der Waals surface area contributed by atoms with Gasteiger partial charge in [-0.1, -0.05) is 6.07 Å². The van der Waals surface area contributed by atoms with E-state index in [0.717, 1.165) is 22.3 Å². The first-order valence-electron chi connectivity index (χ1n) is 10.2. The standard InChI is InChI=1S/C22H24FN5O2/c1-12(2)28(9-14-4-3-13(8-25-14)22(23)5-6-22)21(29)18-7-17-19(26-18)15-10-30-11-16(15)20(24)27-17/h3-4,7-8,12,26H,5-6,9-11H2,1-2H3,(H2,24,27). The summed E-state index contributed by atoms with van der Waals surface area (Å²) in [6.45, 7) is 5.14. The number of hydrogen-bond donors (Lipinski definition) is 2. The van der Waals surface area contributed by atoms with Gasteiger partial charge >= 0.3 is 0 Å². The zero-order valence-corrected chi connectivity index (χ0v) is 17.0. The first-order valence-corrected chi connectivity index (χ1v) is 10.2. The maximum absolute atomic E-state index is 14.2. The smallest absolute Gasteiger partial charge is 0.270 e. The molecule has 0 atom stereocenters. The number of rotatable bonds is 5. The summed E-state index contributed by atoms with van der Waals surface area (Å²) in [5.74, 6) is 0.295. The van der Waals surface area contributed by atoms with Gasteiger partial charge in [-0.2, -0.15) is 0 Å². The van der Waals surface area contributed by atoms with Crippen LogP contribution in [0.25, 0.3) is 11.0 Å². The fraction of sp³-hybridized carbons (Fsp3) is 0.409. The molecule has 0 aromatic carbocycles. The second-order valence-corrected chi connectivity index (χ2v) is 8.42. The first kappa shape index (κ1) is 19.0. The van der Waals surface area contributed by atoms with Gasteiger partial charge < -0.3 is 20.4 Å². The molecule has 7 nitrogen and oxygen atoms in total. The van der Waals surface area contributed by atoms with Crippen molar-refractivity contribution >= 4 is 22.8 Å². The second kappa shape index (κ2) is 6.77. The number of aromatic nitrogens is 3. The molecule has 1 aliphatic heterocycles. The maximum atomic E-state index is 14.2. The van der Waals surface area contributed by atoms with E-state index < -0.39 is 5.67 Å². The van der Waals surface area contributed by atoms with Gasteiger partial charge in [-0.3, -0.25) is 9.78 Å². The number of pyridine rings is 2. The minimum absolute atomic E-state index is 0.0478. The van der Waals surface area contributed by atoms with Crippen LogP contribution in [0.15, 0.2) is 24.4 Å². The highest BCUT2D eigenvalue weighted by Gasteiger charge is 2.45. The molecule has 1 saturated carbocycles. The molecule has 3 aromatic rings. The second-order valence-electron chi connectivity index (χ2n) is 8.42. The van der Waals surface area contributed by atoms with Gasteiger partial charge in [-0.15, -0.1) is 0 Å². The Hall–Kier alpha value is -3.00. The van der Waals surface area contributed by atoms with Crippen molar-refractivity contribution in [3.8, 4) is 0 Å². The summed E-state index contributed by atoms with van der Waals surface area (Å²) < 4.78 is 19.7. The van der Waals surface area contributed by atoms with Crippen LogP contribution in [0.5, 0.6) is 0 Å². The largest absolute Gasteiger partial charge is 0.383 e. The number of nitrogens with two attached hydrogens (primary N) is 1. The number of anilines is 1. The van der Waals surface area contributed by atoms with E-state index in [2.05, 4.69) is 15.0 Å². The molecule has 5 rings (SSSR count). The van der Waals surface area contributed by atoms with E-state index in [0.29, 0.717) is 55.2 Å². The molecule has 0 spiro atoms. The van der Waals surface area contributed by atoms with Crippen LogP contribution in [0.2, 0.25) is 0 Å². The molecular weight excluding hydrogens is 385 g/mol. The predicted molar refractivity (Wildman–Crippen MR) is 110 cm³/mol. The zero-order valence-electron chi connectivity index (χ0n) is 17.0. The molecule has 1 fully saturated rings.